The van der Waals surface area contributed by atoms with Crippen LogP contribution in [0.3, 0.4) is 0 Å². The van der Waals surface area contributed by atoms with Crippen LogP contribution >= 0.6 is 15.6 Å². The van der Waals surface area contributed by atoms with Gasteiger partial charge in [-0.05, 0) is 49.4 Å². The molecule has 0 aliphatic rings. The van der Waals surface area contributed by atoms with Crippen LogP contribution in [0.25, 0.3) is 0 Å². The predicted octanol–water partition coefficient (Wildman–Crippen LogP) is 23.2. The summed E-state index contributed by atoms with van der Waals surface area (Å²) in [5.74, 6) is 0.982. The molecule has 0 heterocycles. The minimum atomic E-state index is -4.96. The van der Waals surface area contributed by atoms with E-state index in [0.29, 0.717) is 25.7 Å². The number of aliphatic hydroxyl groups excluding tert-OH is 1. The number of hydrogen-bond acceptors (Lipinski definition) is 15. The molecular formula is C79H154O17P2. The molecule has 0 amide bonds. The van der Waals surface area contributed by atoms with Crippen molar-refractivity contribution in [2.45, 2.75) is 420 Å². The van der Waals surface area contributed by atoms with Crippen LogP contribution in [0.15, 0.2) is 0 Å². The van der Waals surface area contributed by atoms with E-state index in [1.807, 2.05) is 0 Å². The summed E-state index contributed by atoms with van der Waals surface area (Å²) in [6.07, 6.45) is 54.3. The molecule has 0 aromatic carbocycles. The normalized spacial score (nSPS) is 14.6. The average molecular weight is 1440 g/mol. The summed E-state index contributed by atoms with van der Waals surface area (Å²) < 4.78 is 68.6. The highest BCUT2D eigenvalue weighted by Crippen LogP contribution is 2.45. The second-order valence-electron chi connectivity index (χ2n) is 29.9. The molecule has 19 heteroatoms. The predicted molar refractivity (Wildman–Crippen MR) is 400 cm³/mol. The van der Waals surface area contributed by atoms with Crippen molar-refractivity contribution < 1.29 is 80.2 Å². The SMILES string of the molecule is CCC(C)CCCCCCCCCCCCCCCCCCCCC(=O)O[C@H](COC(=O)CCCCCCCCCCCCCCC(C)C)COP(=O)(O)OC[C@@H](O)COP(=O)(O)OC[C@@H](COC(=O)CCCCCCCCC(C)CC)OC(=O)CCCCCCCCCCC(C)C. The van der Waals surface area contributed by atoms with Gasteiger partial charge in [-0.25, -0.2) is 9.13 Å². The number of carbonyl (C=O) groups excluding carboxylic acids is 4. The number of aliphatic hydroxyl groups is 1. The first kappa shape index (κ1) is 96.1. The quantitative estimate of drug-likeness (QED) is 0.0222. The Morgan fingerprint density at radius 2 is 0.490 bits per heavy atom. The molecule has 98 heavy (non-hydrogen) atoms. The maximum Gasteiger partial charge on any atom is 0.472 e. The van der Waals surface area contributed by atoms with Crippen LogP contribution in [-0.4, -0.2) is 96.7 Å². The van der Waals surface area contributed by atoms with Gasteiger partial charge in [-0.2, -0.15) is 0 Å². The summed E-state index contributed by atoms with van der Waals surface area (Å²) in [5.41, 5.74) is 0. The summed E-state index contributed by atoms with van der Waals surface area (Å²) in [4.78, 5) is 72.9. The summed E-state index contributed by atoms with van der Waals surface area (Å²) in [6.45, 7) is 14.2. The van der Waals surface area contributed by atoms with Crippen molar-refractivity contribution in [3.63, 3.8) is 0 Å². The molecule has 0 fully saturated rings. The molecule has 3 N–H and O–H groups in total. The highest BCUT2D eigenvalue weighted by molar-refractivity contribution is 7.47. The van der Waals surface area contributed by atoms with Crippen LogP contribution in [0.1, 0.15) is 402 Å². The fourth-order valence-electron chi connectivity index (χ4n) is 12.0. The molecule has 0 aliphatic heterocycles. The van der Waals surface area contributed by atoms with Crippen LogP contribution in [0, 0.1) is 23.7 Å². The Kier molecular flexibility index (Phi) is 66.8. The number of carbonyl (C=O) groups is 4. The fraction of sp³-hybridized carbons (Fsp3) is 0.949. The second-order valence-corrected chi connectivity index (χ2v) is 32.8. The van der Waals surface area contributed by atoms with Crippen LogP contribution in [0.5, 0.6) is 0 Å². The molecular weight excluding hydrogens is 1280 g/mol. The first-order chi connectivity index (χ1) is 47.2. The van der Waals surface area contributed by atoms with Gasteiger partial charge in [-0.1, -0.05) is 351 Å². The lowest BCUT2D eigenvalue weighted by Gasteiger charge is -2.21. The highest BCUT2D eigenvalue weighted by atomic mass is 31.2. The van der Waals surface area contributed by atoms with Crippen LogP contribution in [0.2, 0.25) is 0 Å². The van der Waals surface area contributed by atoms with Gasteiger partial charge in [0.1, 0.15) is 19.3 Å². The van der Waals surface area contributed by atoms with E-state index in [1.54, 1.807) is 0 Å². The Morgan fingerprint density at radius 3 is 0.724 bits per heavy atom. The Bertz CT molecular complexity index is 1920. The molecule has 0 aromatic heterocycles. The number of hydrogen-bond donors (Lipinski definition) is 3. The van der Waals surface area contributed by atoms with E-state index in [-0.39, 0.29) is 25.7 Å². The molecule has 0 rings (SSSR count). The van der Waals surface area contributed by atoms with Gasteiger partial charge in [-0.3, -0.25) is 37.3 Å². The lowest BCUT2D eigenvalue weighted by atomic mass is 9.99. The van der Waals surface area contributed by atoms with Gasteiger partial charge in [0.05, 0.1) is 26.4 Å². The standard InChI is InChI=1S/C79H154O17P2/c1-9-71(7)57-49-41-33-26-22-17-15-13-11-12-14-16-18-24-28-35-45-53-61-78(83)95-74(65-89-76(81)59-51-43-34-27-23-20-19-21-25-31-39-47-55-69(3)4)67-93-97(85,86)91-63-73(80)64-92-98(87,88)94-68-75(66-90-77(82)60-52-44-38-37-42-50-58-72(8)10-2)96-79(84)62-54-46-36-30-29-32-40-48-56-70(5)6/h69-75,80H,9-68H2,1-8H3,(H,85,86)(H,87,88)/t71?,72?,73-,74-,75-/m1/s1. The van der Waals surface area contributed by atoms with E-state index >= 15 is 0 Å². The first-order valence-corrected chi connectivity index (χ1v) is 43.8. The third-order valence-corrected chi connectivity index (χ3v) is 20.9. The summed E-state index contributed by atoms with van der Waals surface area (Å²) in [7, 11) is -9.92. The molecule has 4 unspecified atom stereocenters. The number of rotatable bonds is 76. The van der Waals surface area contributed by atoms with Crippen molar-refractivity contribution in [3.8, 4) is 0 Å². The summed E-state index contributed by atoms with van der Waals surface area (Å²) >= 11 is 0. The van der Waals surface area contributed by atoms with Gasteiger partial charge in [0.15, 0.2) is 12.2 Å². The van der Waals surface area contributed by atoms with E-state index in [4.69, 9.17) is 37.0 Å². The van der Waals surface area contributed by atoms with Crippen LogP contribution in [0.4, 0.5) is 0 Å². The second kappa shape index (κ2) is 68.2. The van der Waals surface area contributed by atoms with E-state index in [1.165, 1.54) is 199 Å². The monoisotopic (exact) mass is 1440 g/mol. The average Bonchev–Trinajstić information content (AvgIpc) is 0.968. The highest BCUT2D eigenvalue weighted by Gasteiger charge is 2.30. The molecule has 17 nitrogen and oxygen atoms in total. The summed E-state index contributed by atoms with van der Waals surface area (Å²) in [5, 5.41) is 10.6. The number of unbranched alkanes of at least 4 members (excludes halogenated alkanes) is 40. The Hall–Kier alpha value is -1.94. The van der Waals surface area contributed by atoms with Crippen molar-refractivity contribution in [3.05, 3.63) is 0 Å². The van der Waals surface area contributed by atoms with E-state index in [0.717, 1.165) is 120 Å². The Balaban J connectivity index is 5.21. The lowest BCUT2D eigenvalue weighted by molar-refractivity contribution is -0.161. The Morgan fingerprint density at radius 1 is 0.286 bits per heavy atom. The van der Waals surface area contributed by atoms with Gasteiger partial charge in [-0.15, -0.1) is 0 Å². The Labute approximate surface area is 600 Å². The molecule has 0 saturated heterocycles. The van der Waals surface area contributed by atoms with Crippen molar-refractivity contribution in [1.82, 2.24) is 0 Å². The van der Waals surface area contributed by atoms with Crippen LogP contribution < -0.4 is 0 Å². The molecule has 0 radical (unpaired) electrons. The van der Waals surface area contributed by atoms with Gasteiger partial charge in [0.2, 0.25) is 0 Å². The topological polar surface area (TPSA) is 237 Å². The van der Waals surface area contributed by atoms with E-state index in [9.17, 15) is 43.2 Å². The largest absolute Gasteiger partial charge is 0.472 e. The minimum Gasteiger partial charge on any atom is -0.462 e. The zero-order valence-electron chi connectivity index (χ0n) is 64.4. The number of phosphoric acid groups is 2. The molecule has 0 bridgehead atoms. The lowest BCUT2D eigenvalue weighted by Crippen LogP contribution is -2.30. The number of ether oxygens (including phenoxy) is 4. The van der Waals surface area contributed by atoms with Crippen molar-refractivity contribution in [2.75, 3.05) is 39.6 Å². The van der Waals surface area contributed by atoms with Crippen LogP contribution in [-0.2, 0) is 65.4 Å². The third-order valence-electron chi connectivity index (χ3n) is 19.0. The summed E-state index contributed by atoms with van der Waals surface area (Å²) in [6, 6.07) is 0. The molecule has 0 aromatic rings. The van der Waals surface area contributed by atoms with Gasteiger partial charge < -0.3 is 33.8 Å². The van der Waals surface area contributed by atoms with E-state index in [2.05, 4.69) is 55.4 Å². The van der Waals surface area contributed by atoms with Gasteiger partial charge in [0.25, 0.3) is 0 Å². The first-order valence-electron chi connectivity index (χ1n) is 40.8. The molecule has 0 spiro atoms. The van der Waals surface area contributed by atoms with Crippen molar-refractivity contribution >= 4 is 39.5 Å². The smallest absolute Gasteiger partial charge is 0.462 e. The number of esters is 4. The van der Waals surface area contributed by atoms with Crippen molar-refractivity contribution in [1.29, 1.82) is 0 Å². The third kappa shape index (κ3) is 69.8. The maximum atomic E-state index is 13.1. The molecule has 582 valence electrons. The molecule has 7 atom stereocenters. The fourth-order valence-corrected chi connectivity index (χ4v) is 13.6. The molecule has 0 saturated carbocycles. The zero-order chi connectivity index (χ0) is 72.4. The van der Waals surface area contributed by atoms with Gasteiger partial charge in [0, 0.05) is 25.7 Å². The van der Waals surface area contributed by atoms with Crippen molar-refractivity contribution in [2.24, 2.45) is 23.7 Å². The molecule has 0 aliphatic carbocycles. The zero-order valence-corrected chi connectivity index (χ0v) is 66.2. The minimum absolute atomic E-state index is 0.103. The van der Waals surface area contributed by atoms with E-state index < -0.39 is 97.5 Å². The van der Waals surface area contributed by atoms with Gasteiger partial charge >= 0.3 is 39.5 Å². The number of phosphoric ester groups is 2. The maximum absolute atomic E-state index is 13.1.